The first kappa shape index (κ1) is 18.2. The standard InChI is InChI=1S/C7H8FNO2.C5H5BrN2O2S/c8-7(6(10)11)3-1-5(9)2-4-7;1-11(9,10)5-7-2-4(6)3-8-5/h1-3H,4,9H2,(H,10,11);2-3H,1H3. The van der Waals surface area contributed by atoms with E-state index in [1.807, 2.05) is 0 Å². The van der Waals surface area contributed by atoms with Crippen LogP contribution in [0.2, 0.25) is 0 Å². The number of nitrogens with zero attached hydrogens (tertiary/aromatic N) is 2. The molecular weight excluding hydrogens is 381 g/mol. The lowest BCUT2D eigenvalue weighted by Crippen LogP contribution is -2.32. The largest absolute Gasteiger partial charge is 0.479 e. The van der Waals surface area contributed by atoms with Crippen molar-refractivity contribution in [1.29, 1.82) is 0 Å². The van der Waals surface area contributed by atoms with Crippen molar-refractivity contribution in [3.05, 3.63) is 40.8 Å². The Morgan fingerprint density at radius 1 is 1.45 bits per heavy atom. The number of allylic oxidation sites excluding steroid dienone is 2. The molecule has 0 aromatic carbocycles. The second-order valence-corrected chi connectivity index (χ2v) is 7.19. The molecule has 1 aliphatic rings. The van der Waals surface area contributed by atoms with Crippen LogP contribution >= 0.6 is 15.9 Å². The molecule has 1 aromatic rings. The van der Waals surface area contributed by atoms with Crippen LogP contribution in [0, 0.1) is 0 Å². The summed E-state index contributed by atoms with van der Waals surface area (Å²) in [5.41, 5.74) is 3.41. The lowest BCUT2D eigenvalue weighted by Gasteiger charge is -2.17. The number of carboxylic acid groups (broad SMARTS) is 1. The van der Waals surface area contributed by atoms with Crippen molar-refractivity contribution in [1.82, 2.24) is 9.97 Å². The zero-order chi connectivity index (χ0) is 17.0. The average molecular weight is 394 g/mol. The third-order valence-corrected chi connectivity index (χ3v) is 3.74. The second-order valence-electron chi connectivity index (χ2n) is 4.37. The van der Waals surface area contributed by atoms with Crippen molar-refractivity contribution in [2.45, 2.75) is 17.2 Å². The van der Waals surface area contributed by atoms with Crippen molar-refractivity contribution in [2.24, 2.45) is 5.73 Å². The highest BCUT2D eigenvalue weighted by Gasteiger charge is 2.36. The fraction of sp³-hybridized carbons (Fsp3) is 0.250. The predicted octanol–water partition coefficient (Wildman–Crippen LogP) is 1.22. The fourth-order valence-electron chi connectivity index (χ4n) is 1.28. The van der Waals surface area contributed by atoms with Crippen LogP contribution in [0.1, 0.15) is 6.42 Å². The van der Waals surface area contributed by atoms with Crippen LogP contribution in [0.3, 0.4) is 0 Å². The molecule has 0 spiro atoms. The number of aliphatic carboxylic acids is 1. The van der Waals surface area contributed by atoms with Gasteiger partial charge in [-0.05, 0) is 28.1 Å². The topological polar surface area (TPSA) is 123 Å². The average Bonchev–Trinajstić information content (AvgIpc) is 2.42. The van der Waals surface area contributed by atoms with Crippen LogP contribution in [0.15, 0.2) is 45.9 Å². The third-order valence-electron chi connectivity index (χ3n) is 2.46. The molecule has 0 saturated carbocycles. The molecule has 120 valence electrons. The van der Waals surface area contributed by atoms with Gasteiger partial charge in [0.05, 0.1) is 4.47 Å². The number of carbonyl (C=O) groups is 1. The van der Waals surface area contributed by atoms with Gasteiger partial charge in [-0.3, -0.25) is 0 Å². The van der Waals surface area contributed by atoms with Gasteiger partial charge in [-0.15, -0.1) is 0 Å². The van der Waals surface area contributed by atoms with Gasteiger partial charge in [0, 0.05) is 30.8 Å². The van der Waals surface area contributed by atoms with E-state index in [1.165, 1.54) is 24.5 Å². The minimum atomic E-state index is -3.26. The number of aromatic nitrogens is 2. The minimum Gasteiger partial charge on any atom is -0.479 e. The van der Waals surface area contributed by atoms with Gasteiger partial charge in [0.2, 0.25) is 20.7 Å². The summed E-state index contributed by atoms with van der Waals surface area (Å²) in [4.78, 5) is 17.5. The maximum absolute atomic E-state index is 13.1. The van der Waals surface area contributed by atoms with Crippen molar-refractivity contribution in [3.63, 3.8) is 0 Å². The van der Waals surface area contributed by atoms with Gasteiger partial charge in [-0.25, -0.2) is 27.6 Å². The first-order valence-corrected chi connectivity index (χ1v) is 8.48. The molecule has 1 unspecified atom stereocenters. The van der Waals surface area contributed by atoms with Crippen molar-refractivity contribution in [3.8, 4) is 0 Å². The van der Waals surface area contributed by atoms with Crippen LogP contribution in [0.5, 0.6) is 0 Å². The molecule has 1 aromatic heterocycles. The first-order chi connectivity index (χ1) is 10.0. The van der Waals surface area contributed by atoms with Gasteiger partial charge in [0.25, 0.3) is 0 Å². The van der Waals surface area contributed by atoms with Crippen molar-refractivity contribution >= 4 is 31.7 Å². The molecule has 10 heteroatoms. The van der Waals surface area contributed by atoms with Gasteiger partial charge in [0.15, 0.2) is 0 Å². The zero-order valence-corrected chi connectivity index (χ0v) is 13.8. The molecule has 0 aliphatic heterocycles. The molecule has 0 bridgehead atoms. The van der Waals surface area contributed by atoms with E-state index in [2.05, 4.69) is 25.9 Å². The fourth-order valence-corrected chi connectivity index (χ4v) is 1.97. The molecule has 7 nitrogen and oxygen atoms in total. The Bertz CT molecular complexity index is 718. The summed E-state index contributed by atoms with van der Waals surface area (Å²) in [7, 11) is -3.26. The monoisotopic (exact) mass is 393 g/mol. The number of nitrogens with two attached hydrogens (primary N) is 1. The quantitative estimate of drug-likeness (QED) is 0.723. The molecule has 2 rings (SSSR count). The summed E-state index contributed by atoms with van der Waals surface area (Å²) in [6.45, 7) is 0. The Morgan fingerprint density at radius 2 is 2.00 bits per heavy atom. The summed E-state index contributed by atoms with van der Waals surface area (Å²) in [5, 5.41) is 8.24. The van der Waals surface area contributed by atoms with Crippen LogP contribution in [0.25, 0.3) is 0 Å². The first-order valence-electron chi connectivity index (χ1n) is 5.79. The van der Waals surface area contributed by atoms with Crippen LogP contribution in [-0.4, -0.2) is 41.4 Å². The Hall–Kier alpha value is -1.81. The lowest BCUT2D eigenvalue weighted by atomic mass is 9.96. The molecule has 1 atom stereocenters. The van der Waals surface area contributed by atoms with E-state index in [-0.39, 0.29) is 11.6 Å². The Morgan fingerprint density at radius 3 is 2.36 bits per heavy atom. The third kappa shape index (κ3) is 5.19. The second kappa shape index (κ2) is 6.97. The van der Waals surface area contributed by atoms with Gasteiger partial charge in [-0.1, -0.05) is 6.08 Å². The van der Waals surface area contributed by atoms with Crippen LogP contribution in [-0.2, 0) is 14.6 Å². The highest BCUT2D eigenvalue weighted by molar-refractivity contribution is 9.10. The van der Waals surface area contributed by atoms with E-state index in [0.29, 0.717) is 10.2 Å². The normalized spacial score (nSPS) is 20.6. The molecule has 3 N–H and O–H groups in total. The number of halogens is 2. The SMILES string of the molecule is CS(=O)(=O)c1ncc(Br)cn1.NC1=CCC(F)(C(=O)O)C=C1. The summed E-state index contributed by atoms with van der Waals surface area (Å²) in [5.74, 6) is -1.47. The number of alkyl halides is 1. The van der Waals surface area contributed by atoms with Gasteiger partial charge >= 0.3 is 5.97 Å². The molecule has 0 radical (unpaired) electrons. The number of carboxylic acids is 1. The number of hydrogen-bond acceptors (Lipinski definition) is 6. The summed E-state index contributed by atoms with van der Waals surface area (Å²) < 4.78 is 35.3. The van der Waals surface area contributed by atoms with E-state index in [4.69, 9.17) is 10.8 Å². The Balaban J connectivity index is 0.000000220. The Kier molecular flexibility index (Phi) is 5.78. The Labute approximate surface area is 134 Å². The molecule has 0 fully saturated rings. The molecule has 1 heterocycles. The lowest BCUT2D eigenvalue weighted by molar-refractivity contribution is -0.147. The van der Waals surface area contributed by atoms with Gasteiger partial charge in [-0.2, -0.15) is 0 Å². The highest BCUT2D eigenvalue weighted by atomic mass is 79.9. The van der Waals surface area contributed by atoms with Crippen molar-refractivity contribution in [2.75, 3.05) is 6.26 Å². The summed E-state index contributed by atoms with van der Waals surface area (Å²) in [6, 6.07) is 0. The van der Waals surface area contributed by atoms with Crippen LogP contribution < -0.4 is 5.73 Å². The molecule has 0 saturated heterocycles. The predicted molar refractivity (Wildman–Crippen MR) is 80.3 cm³/mol. The van der Waals surface area contributed by atoms with E-state index in [0.717, 1.165) is 12.3 Å². The van der Waals surface area contributed by atoms with E-state index in [1.54, 1.807) is 0 Å². The number of sulfone groups is 1. The summed E-state index contributed by atoms with van der Waals surface area (Å²) in [6.07, 6.45) is 7.24. The smallest absolute Gasteiger partial charge is 0.345 e. The maximum atomic E-state index is 13.1. The summed E-state index contributed by atoms with van der Waals surface area (Å²) >= 11 is 3.09. The maximum Gasteiger partial charge on any atom is 0.345 e. The van der Waals surface area contributed by atoms with Gasteiger partial charge in [0.1, 0.15) is 0 Å². The number of rotatable bonds is 2. The number of hydrogen-bond donors (Lipinski definition) is 2. The molecule has 22 heavy (non-hydrogen) atoms. The van der Waals surface area contributed by atoms with Crippen molar-refractivity contribution < 1.29 is 22.7 Å². The van der Waals surface area contributed by atoms with Gasteiger partial charge < -0.3 is 10.8 Å². The minimum absolute atomic E-state index is 0.152. The highest BCUT2D eigenvalue weighted by Crippen LogP contribution is 2.23. The molecule has 1 aliphatic carbocycles. The zero-order valence-electron chi connectivity index (χ0n) is 11.4. The van der Waals surface area contributed by atoms with E-state index in [9.17, 15) is 17.6 Å². The molecule has 0 amide bonds. The molecular formula is C12H13BrFN3O4S. The van der Waals surface area contributed by atoms with E-state index >= 15 is 0 Å². The van der Waals surface area contributed by atoms with Crippen LogP contribution in [0.4, 0.5) is 4.39 Å². The van der Waals surface area contributed by atoms with E-state index < -0.39 is 21.5 Å².